The summed E-state index contributed by atoms with van der Waals surface area (Å²) in [5.74, 6) is 0.220. The first-order valence-corrected chi connectivity index (χ1v) is 9.78. The highest BCUT2D eigenvalue weighted by molar-refractivity contribution is 7.10. The van der Waals surface area contributed by atoms with E-state index in [9.17, 15) is 9.59 Å². The first-order valence-electron chi connectivity index (χ1n) is 8.90. The van der Waals surface area contributed by atoms with Crippen LogP contribution in [0.1, 0.15) is 42.2 Å². The smallest absolute Gasteiger partial charge is 0.303 e. The number of carboxylic acid groups (broad SMARTS) is 1. The predicted molar refractivity (Wildman–Crippen MR) is 106 cm³/mol. The number of rotatable bonds is 8. The first-order chi connectivity index (χ1) is 13.5. The van der Waals surface area contributed by atoms with Crippen LogP contribution in [0, 0.1) is 0 Å². The Morgan fingerprint density at radius 1 is 1.25 bits per heavy atom. The maximum absolute atomic E-state index is 12.7. The molecule has 1 atom stereocenters. The van der Waals surface area contributed by atoms with Crippen molar-refractivity contribution in [2.45, 2.75) is 31.7 Å². The molecule has 0 radical (unpaired) electrons. The van der Waals surface area contributed by atoms with Gasteiger partial charge in [0.15, 0.2) is 0 Å². The van der Waals surface area contributed by atoms with E-state index < -0.39 is 5.97 Å². The van der Waals surface area contributed by atoms with Gasteiger partial charge in [-0.25, -0.2) is 5.01 Å². The van der Waals surface area contributed by atoms with Gasteiger partial charge in [0.05, 0.1) is 26.0 Å². The van der Waals surface area contributed by atoms with Crippen LogP contribution in [0.25, 0.3) is 0 Å². The summed E-state index contributed by atoms with van der Waals surface area (Å²) < 4.78 is 10.7. The number of amides is 1. The molecular weight excluding hydrogens is 380 g/mol. The lowest BCUT2D eigenvalue weighted by atomic mass is 10.0. The molecule has 1 aliphatic heterocycles. The van der Waals surface area contributed by atoms with Gasteiger partial charge in [-0.2, -0.15) is 5.10 Å². The number of aliphatic carboxylic acids is 1. The van der Waals surface area contributed by atoms with Crippen LogP contribution in [-0.4, -0.2) is 41.9 Å². The molecule has 2 aromatic rings. The molecule has 1 aliphatic rings. The first kappa shape index (κ1) is 19.9. The highest BCUT2D eigenvalue weighted by atomic mass is 32.1. The Morgan fingerprint density at radius 3 is 2.71 bits per heavy atom. The molecule has 2 heterocycles. The average molecular weight is 402 g/mol. The van der Waals surface area contributed by atoms with Gasteiger partial charge in [-0.15, -0.1) is 11.3 Å². The van der Waals surface area contributed by atoms with Gasteiger partial charge < -0.3 is 14.6 Å². The second-order valence-corrected chi connectivity index (χ2v) is 7.31. The second-order valence-electron chi connectivity index (χ2n) is 6.33. The highest BCUT2D eigenvalue weighted by Gasteiger charge is 2.34. The Bertz CT molecular complexity index is 879. The monoisotopic (exact) mass is 402 g/mol. The van der Waals surface area contributed by atoms with Gasteiger partial charge in [0.2, 0.25) is 5.91 Å². The van der Waals surface area contributed by atoms with E-state index in [-0.39, 0.29) is 24.8 Å². The summed E-state index contributed by atoms with van der Waals surface area (Å²) in [6, 6.07) is 9.22. The topological polar surface area (TPSA) is 88.4 Å². The summed E-state index contributed by atoms with van der Waals surface area (Å²) in [5.41, 5.74) is 1.56. The third-order valence-electron chi connectivity index (χ3n) is 4.54. The zero-order chi connectivity index (χ0) is 20.1. The molecule has 3 rings (SSSR count). The van der Waals surface area contributed by atoms with Crippen molar-refractivity contribution in [3.8, 4) is 11.5 Å². The zero-order valence-corrected chi connectivity index (χ0v) is 16.6. The zero-order valence-electron chi connectivity index (χ0n) is 15.8. The van der Waals surface area contributed by atoms with Gasteiger partial charge in [-0.3, -0.25) is 9.59 Å². The van der Waals surface area contributed by atoms with E-state index >= 15 is 0 Å². The molecule has 0 unspecified atom stereocenters. The molecule has 1 aromatic carbocycles. The van der Waals surface area contributed by atoms with E-state index in [2.05, 4.69) is 5.10 Å². The predicted octanol–water partition coefficient (Wildman–Crippen LogP) is 3.70. The van der Waals surface area contributed by atoms with Gasteiger partial charge in [0, 0.05) is 35.8 Å². The van der Waals surface area contributed by atoms with Gasteiger partial charge >= 0.3 is 5.97 Å². The Morgan fingerprint density at radius 2 is 2.07 bits per heavy atom. The van der Waals surface area contributed by atoms with Crippen molar-refractivity contribution in [2.75, 3.05) is 14.2 Å². The van der Waals surface area contributed by atoms with Crippen molar-refractivity contribution in [2.24, 2.45) is 5.10 Å². The van der Waals surface area contributed by atoms with Gasteiger partial charge in [0.1, 0.15) is 11.5 Å². The average Bonchev–Trinajstić information content (AvgIpc) is 3.36. The van der Waals surface area contributed by atoms with Crippen LogP contribution in [0.3, 0.4) is 0 Å². The normalized spacial score (nSPS) is 16.0. The van der Waals surface area contributed by atoms with E-state index in [0.29, 0.717) is 24.3 Å². The molecule has 8 heteroatoms. The van der Waals surface area contributed by atoms with Crippen LogP contribution in [0.15, 0.2) is 40.8 Å². The number of hydrogen-bond acceptors (Lipinski definition) is 6. The number of carbonyl (C=O) groups is 2. The summed E-state index contributed by atoms with van der Waals surface area (Å²) in [6.45, 7) is 0. The Labute approximate surface area is 167 Å². The number of benzene rings is 1. The molecule has 0 saturated carbocycles. The van der Waals surface area contributed by atoms with E-state index in [1.165, 1.54) is 5.01 Å². The van der Waals surface area contributed by atoms with E-state index in [4.69, 9.17) is 14.6 Å². The van der Waals surface area contributed by atoms with Crippen molar-refractivity contribution in [1.82, 2.24) is 5.01 Å². The molecule has 1 N–H and O–H groups in total. The Kier molecular flexibility index (Phi) is 6.30. The van der Waals surface area contributed by atoms with Crippen molar-refractivity contribution in [3.63, 3.8) is 0 Å². The number of carboxylic acids is 1. The molecule has 0 saturated heterocycles. The molecule has 0 fully saturated rings. The minimum absolute atomic E-state index is 0.0356. The number of nitrogens with zero attached hydrogens (tertiary/aromatic N) is 2. The van der Waals surface area contributed by atoms with Gasteiger partial charge in [0.25, 0.3) is 0 Å². The lowest BCUT2D eigenvalue weighted by Crippen LogP contribution is -2.26. The largest absolute Gasteiger partial charge is 0.497 e. The van der Waals surface area contributed by atoms with Crippen LogP contribution in [-0.2, 0) is 9.59 Å². The van der Waals surface area contributed by atoms with Crippen LogP contribution >= 0.6 is 11.3 Å². The van der Waals surface area contributed by atoms with Crippen LogP contribution in [0.2, 0.25) is 0 Å². The quantitative estimate of drug-likeness (QED) is 0.727. The number of ether oxygens (including phenoxy) is 2. The molecule has 148 valence electrons. The molecular formula is C20H22N2O5S. The van der Waals surface area contributed by atoms with Gasteiger partial charge in [-0.1, -0.05) is 6.07 Å². The van der Waals surface area contributed by atoms with Crippen molar-refractivity contribution >= 4 is 28.9 Å². The fourth-order valence-corrected chi connectivity index (χ4v) is 3.96. The molecule has 1 aromatic heterocycles. The summed E-state index contributed by atoms with van der Waals surface area (Å²) >= 11 is 1.57. The van der Waals surface area contributed by atoms with E-state index in [0.717, 1.165) is 16.2 Å². The lowest BCUT2D eigenvalue weighted by Gasteiger charge is -2.20. The molecule has 0 bridgehead atoms. The van der Waals surface area contributed by atoms with Gasteiger partial charge in [-0.05, 0) is 30.0 Å². The number of carbonyl (C=O) groups excluding carboxylic acids is 1. The van der Waals surface area contributed by atoms with Crippen LogP contribution < -0.4 is 9.47 Å². The summed E-state index contributed by atoms with van der Waals surface area (Å²) in [6.07, 6.45) is 0.962. The highest BCUT2D eigenvalue weighted by Crippen LogP contribution is 2.38. The maximum Gasteiger partial charge on any atom is 0.303 e. The van der Waals surface area contributed by atoms with Crippen LogP contribution in [0.4, 0.5) is 0 Å². The summed E-state index contributed by atoms with van der Waals surface area (Å²) in [7, 11) is 3.17. The maximum atomic E-state index is 12.7. The Hall–Kier alpha value is -2.87. The minimum Gasteiger partial charge on any atom is -0.497 e. The van der Waals surface area contributed by atoms with E-state index in [1.807, 2.05) is 29.6 Å². The number of hydrogen-bond donors (Lipinski definition) is 1. The fraction of sp³-hybridized carbons (Fsp3) is 0.350. The second kappa shape index (κ2) is 8.88. The number of thiophene rings is 1. The summed E-state index contributed by atoms with van der Waals surface area (Å²) in [4.78, 5) is 24.5. The SMILES string of the molecule is COc1ccc(C2=NN(C(=O)CCCC(=O)O)[C@H](c3cccs3)C2)c(OC)c1. The third-order valence-corrected chi connectivity index (χ3v) is 5.51. The van der Waals surface area contributed by atoms with Crippen molar-refractivity contribution < 1.29 is 24.2 Å². The third kappa shape index (κ3) is 4.33. The lowest BCUT2D eigenvalue weighted by molar-refractivity contribution is -0.137. The van der Waals surface area contributed by atoms with Crippen molar-refractivity contribution in [3.05, 3.63) is 46.2 Å². The van der Waals surface area contributed by atoms with Crippen molar-refractivity contribution in [1.29, 1.82) is 0 Å². The molecule has 0 spiro atoms. The molecule has 0 aliphatic carbocycles. The summed E-state index contributed by atoms with van der Waals surface area (Å²) in [5, 5.41) is 16.9. The number of methoxy groups -OCH3 is 2. The molecule has 7 nitrogen and oxygen atoms in total. The van der Waals surface area contributed by atoms with Crippen LogP contribution in [0.5, 0.6) is 11.5 Å². The Balaban J connectivity index is 1.88. The number of hydrazone groups is 1. The van der Waals surface area contributed by atoms with E-state index in [1.54, 1.807) is 31.6 Å². The fourth-order valence-electron chi connectivity index (χ4n) is 3.15. The molecule has 1 amide bonds. The standard InChI is InChI=1S/C20H22N2O5S/c1-26-13-8-9-14(17(11-13)27-2)15-12-16(18-5-4-10-28-18)22(21-15)19(23)6-3-7-20(24)25/h4-5,8-11,16H,3,6-7,12H2,1-2H3,(H,24,25)/t16-/m0/s1. The molecule has 28 heavy (non-hydrogen) atoms. The minimum atomic E-state index is -0.906.